The van der Waals surface area contributed by atoms with Crippen molar-refractivity contribution in [3.05, 3.63) is 66.5 Å². The van der Waals surface area contributed by atoms with Crippen LogP contribution < -0.4 is 9.46 Å². The molecule has 2 heterocycles. The lowest BCUT2D eigenvalue weighted by Gasteiger charge is -2.12. The number of ether oxygens (including phenoxy) is 1. The van der Waals surface area contributed by atoms with Gasteiger partial charge in [-0.3, -0.25) is 4.72 Å². The number of fused-ring (bicyclic) bond motifs is 1. The molecule has 9 heteroatoms. The smallest absolute Gasteiger partial charge is 0.321 e. The standard InChI is InChI=1S/C23H19N5O3S/c1-32(29,30)27-16-5-3-15(4-6-16)22-20(14-24)19-10-9-18(31-23-25-11-2-12-26-23)13-21(19)28(22)17-7-8-17/h2-6,9-13,17,27H,7-8H2,1H3. The van der Waals surface area contributed by atoms with Crippen molar-refractivity contribution in [2.45, 2.75) is 18.9 Å². The van der Waals surface area contributed by atoms with Gasteiger partial charge in [0.05, 0.1) is 23.0 Å². The van der Waals surface area contributed by atoms with Gasteiger partial charge in [-0.15, -0.1) is 0 Å². The third-order valence-corrected chi connectivity index (χ3v) is 5.82. The van der Waals surface area contributed by atoms with E-state index in [-0.39, 0.29) is 6.01 Å². The molecule has 1 aliphatic rings. The maximum atomic E-state index is 11.5. The Morgan fingerprint density at radius 1 is 1.12 bits per heavy atom. The number of hydrogen-bond donors (Lipinski definition) is 1. The average molecular weight is 446 g/mol. The summed E-state index contributed by atoms with van der Waals surface area (Å²) in [7, 11) is -3.36. The zero-order chi connectivity index (χ0) is 22.3. The van der Waals surface area contributed by atoms with Gasteiger partial charge in [-0.25, -0.2) is 18.4 Å². The van der Waals surface area contributed by atoms with Crippen molar-refractivity contribution in [3.63, 3.8) is 0 Å². The van der Waals surface area contributed by atoms with Crippen LogP contribution in [-0.2, 0) is 10.0 Å². The molecule has 5 rings (SSSR count). The fraction of sp³-hybridized carbons (Fsp3) is 0.174. The van der Waals surface area contributed by atoms with Gasteiger partial charge in [-0.2, -0.15) is 5.26 Å². The summed E-state index contributed by atoms with van der Waals surface area (Å²) in [5.74, 6) is 0.590. The summed E-state index contributed by atoms with van der Waals surface area (Å²) in [6.07, 6.45) is 6.40. The van der Waals surface area contributed by atoms with Crippen LogP contribution in [0, 0.1) is 11.3 Å². The molecule has 4 aromatic rings. The zero-order valence-electron chi connectivity index (χ0n) is 17.2. The number of sulfonamides is 1. The minimum atomic E-state index is -3.36. The number of aromatic nitrogens is 3. The molecule has 2 aromatic carbocycles. The Balaban J connectivity index is 1.62. The molecule has 160 valence electrons. The fourth-order valence-corrected chi connectivity index (χ4v) is 4.38. The Bertz CT molecular complexity index is 1450. The highest BCUT2D eigenvalue weighted by molar-refractivity contribution is 7.92. The second kappa shape index (κ2) is 7.66. The molecule has 1 saturated carbocycles. The van der Waals surface area contributed by atoms with Gasteiger partial charge in [-0.1, -0.05) is 12.1 Å². The molecule has 0 saturated heterocycles. The molecule has 0 amide bonds. The number of anilines is 1. The van der Waals surface area contributed by atoms with E-state index in [0.29, 0.717) is 23.0 Å². The minimum absolute atomic E-state index is 0.256. The third-order valence-electron chi connectivity index (χ3n) is 5.21. The molecule has 1 fully saturated rings. The summed E-state index contributed by atoms with van der Waals surface area (Å²) < 4.78 is 33.5. The van der Waals surface area contributed by atoms with Crippen molar-refractivity contribution in [2.75, 3.05) is 11.0 Å². The monoisotopic (exact) mass is 445 g/mol. The third kappa shape index (κ3) is 3.88. The Morgan fingerprint density at radius 3 is 2.47 bits per heavy atom. The van der Waals surface area contributed by atoms with Gasteiger partial charge in [0, 0.05) is 35.6 Å². The van der Waals surface area contributed by atoms with Gasteiger partial charge in [0.25, 0.3) is 0 Å². The van der Waals surface area contributed by atoms with Crippen LogP contribution in [0.1, 0.15) is 24.4 Å². The first kappa shape index (κ1) is 20.0. The highest BCUT2D eigenvalue weighted by Gasteiger charge is 2.30. The van der Waals surface area contributed by atoms with E-state index in [0.717, 1.165) is 41.3 Å². The van der Waals surface area contributed by atoms with E-state index in [1.807, 2.05) is 24.3 Å². The molecule has 8 nitrogen and oxygen atoms in total. The van der Waals surface area contributed by atoms with Crippen LogP contribution >= 0.6 is 0 Å². The largest absolute Gasteiger partial charge is 0.424 e. The number of nitrogens with zero attached hydrogens (tertiary/aromatic N) is 4. The van der Waals surface area contributed by atoms with Gasteiger partial charge in [0.2, 0.25) is 10.0 Å². The summed E-state index contributed by atoms with van der Waals surface area (Å²) in [5, 5.41) is 10.8. The molecule has 0 atom stereocenters. The van der Waals surface area contributed by atoms with E-state index in [1.165, 1.54) is 0 Å². The van der Waals surface area contributed by atoms with Gasteiger partial charge in [0.15, 0.2) is 0 Å². The average Bonchev–Trinajstić information content (AvgIpc) is 3.55. The van der Waals surface area contributed by atoms with Gasteiger partial charge >= 0.3 is 6.01 Å². The van der Waals surface area contributed by atoms with Crippen molar-refractivity contribution in [1.29, 1.82) is 5.26 Å². The first-order valence-electron chi connectivity index (χ1n) is 10.0. The lowest BCUT2D eigenvalue weighted by atomic mass is 10.1. The summed E-state index contributed by atoms with van der Waals surface area (Å²) in [6, 6.07) is 17.3. The topological polar surface area (TPSA) is 110 Å². The Hall–Kier alpha value is -3.90. The van der Waals surface area contributed by atoms with Crippen molar-refractivity contribution in [1.82, 2.24) is 14.5 Å². The second-order valence-corrected chi connectivity index (χ2v) is 9.45. The lowest BCUT2D eigenvalue weighted by Crippen LogP contribution is -2.09. The van der Waals surface area contributed by atoms with E-state index in [4.69, 9.17) is 4.74 Å². The molecule has 0 bridgehead atoms. The maximum absolute atomic E-state index is 11.5. The molecule has 0 unspecified atom stereocenters. The van der Waals surface area contributed by atoms with E-state index >= 15 is 0 Å². The number of rotatable bonds is 6. The number of nitriles is 1. The van der Waals surface area contributed by atoms with E-state index in [1.54, 1.807) is 36.7 Å². The van der Waals surface area contributed by atoms with E-state index in [9.17, 15) is 13.7 Å². The molecule has 1 aliphatic carbocycles. The van der Waals surface area contributed by atoms with Gasteiger partial charge in [0.1, 0.15) is 11.8 Å². The highest BCUT2D eigenvalue weighted by Crippen LogP contribution is 2.45. The molecular formula is C23H19N5O3S. The van der Waals surface area contributed by atoms with Crippen molar-refractivity contribution < 1.29 is 13.2 Å². The van der Waals surface area contributed by atoms with Crippen molar-refractivity contribution in [3.8, 4) is 29.1 Å². The first-order chi connectivity index (χ1) is 15.4. The van der Waals surface area contributed by atoms with Crippen molar-refractivity contribution in [2.24, 2.45) is 0 Å². The summed E-state index contributed by atoms with van der Waals surface area (Å²) in [6.45, 7) is 0. The molecule has 0 aliphatic heterocycles. The highest BCUT2D eigenvalue weighted by atomic mass is 32.2. The van der Waals surface area contributed by atoms with Gasteiger partial charge in [-0.05, 0) is 48.7 Å². The molecule has 2 aromatic heterocycles. The van der Waals surface area contributed by atoms with Crippen LogP contribution in [0.2, 0.25) is 0 Å². The Kier molecular flexibility index (Phi) is 4.79. The normalized spacial score (nSPS) is 13.6. The first-order valence-corrected chi connectivity index (χ1v) is 11.9. The van der Waals surface area contributed by atoms with Gasteiger partial charge < -0.3 is 9.30 Å². The summed E-state index contributed by atoms with van der Waals surface area (Å²) in [5.41, 5.74) is 3.63. The number of hydrogen-bond acceptors (Lipinski definition) is 6. The summed E-state index contributed by atoms with van der Waals surface area (Å²) in [4.78, 5) is 8.21. The maximum Gasteiger partial charge on any atom is 0.321 e. The predicted molar refractivity (Wildman–Crippen MR) is 121 cm³/mol. The van der Waals surface area contributed by atoms with Crippen LogP contribution in [-0.4, -0.2) is 29.2 Å². The minimum Gasteiger partial charge on any atom is -0.424 e. The van der Waals surface area contributed by atoms with E-state index < -0.39 is 10.0 Å². The predicted octanol–water partition coefficient (Wildman–Crippen LogP) is 4.47. The summed E-state index contributed by atoms with van der Waals surface area (Å²) >= 11 is 0. The molecule has 0 radical (unpaired) electrons. The van der Waals surface area contributed by atoms with Crippen LogP contribution in [0.3, 0.4) is 0 Å². The van der Waals surface area contributed by atoms with E-state index in [2.05, 4.69) is 25.3 Å². The number of nitrogens with one attached hydrogen (secondary N) is 1. The SMILES string of the molecule is CS(=O)(=O)Nc1ccc(-c2c(C#N)c3ccc(Oc4ncccn4)cc3n2C2CC2)cc1. The molecule has 32 heavy (non-hydrogen) atoms. The number of benzene rings is 2. The Morgan fingerprint density at radius 2 is 1.84 bits per heavy atom. The zero-order valence-corrected chi connectivity index (χ0v) is 18.0. The second-order valence-electron chi connectivity index (χ2n) is 7.70. The van der Waals surface area contributed by atoms with Crippen LogP contribution in [0.5, 0.6) is 11.8 Å². The van der Waals surface area contributed by atoms with Crippen molar-refractivity contribution >= 4 is 26.6 Å². The Labute approximate surface area is 185 Å². The molecule has 1 N–H and O–H groups in total. The fourth-order valence-electron chi connectivity index (χ4n) is 3.82. The quantitative estimate of drug-likeness (QED) is 0.469. The molecule has 0 spiro atoms. The van der Waals surface area contributed by atoms with Crippen LogP contribution in [0.4, 0.5) is 5.69 Å². The lowest BCUT2D eigenvalue weighted by molar-refractivity contribution is 0.442. The molecular weight excluding hydrogens is 426 g/mol. The van der Waals surface area contributed by atoms with Crippen LogP contribution in [0.15, 0.2) is 60.9 Å². The van der Waals surface area contributed by atoms with Crippen LogP contribution in [0.25, 0.3) is 22.2 Å².